The first kappa shape index (κ1) is 17.3. The van der Waals surface area contributed by atoms with Crippen molar-refractivity contribution in [2.45, 2.75) is 26.3 Å². The second-order valence-corrected chi connectivity index (χ2v) is 3.97. The van der Waals surface area contributed by atoms with Gasteiger partial charge in [0.05, 0.1) is 13.2 Å². The first-order valence-corrected chi connectivity index (χ1v) is 6.48. The standard InChI is InChI=1S/C12H26N2O4/c1-3-17-9-7-14(8-10-18-4-2)6-5-11(13)12(15)16/h11H,3-10,13H2,1-2H3,(H,15,16). The summed E-state index contributed by atoms with van der Waals surface area (Å²) < 4.78 is 10.6. The minimum atomic E-state index is -0.954. The van der Waals surface area contributed by atoms with Crippen molar-refractivity contribution < 1.29 is 19.4 Å². The molecule has 1 unspecified atom stereocenters. The van der Waals surface area contributed by atoms with Crippen molar-refractivity contribution in [3.05, 3.63) is 0 Å². The lowest BCUT2D eigenvalue weighted by Crippen LogP contribution is -2.38. The highest BCUT2D eigenvalue weighted by atomic mass is 16.5. The predicted molar refractivity (Wildman–Crippen MR) is 69.7 cm³/mol. The smallest absolute Gasteiger partial charge is 0.320 e. The van der Waals surface area contributed by atoms with Gasteiger partial charge in [0.15, 0.2) is 0 Å². The van der Waals surface area contributed by atoms with E-state index in [2.05, 4.69) is 4.90 Å². The van der Waals surface area contributed by atoms with Gasteiger partial charge in [-0.3, -0.25) is 9.69 Å². The Labute approximate surface area is 109 Å². The Bertz CT molecular complexity index is 204. The molecule has 18 heavy (non-hydrogen) atoms. The number of nitrogens with zero attached hydrogens (tertiary/aromatic N) is 1. The van der Waals surface area contributed by atoms with Gasteiger partial charge in [-0.2, -0.15) is 0 Å². The molecule has 0 aromatic heterocycles. The van der Waals surface area contributed by atoms with Crippen molar-refractivity contribution in [3.8, 4) is 0 Å². The van der Waals surface area contributed by atoms with E-state index in [0.29, 0.717) is 39.4 Å². The van der Waals surface area contributed by atoms with E-state index in [9.17, 15) is 4.79 Å². The second kappa shape index (κ2) is 11.4. The van der Waals surface area contributed by atoms with E-state index in [0.717, 1.165) is 13.1 Å². The molecule has 108 valence electrons. The van der Waals surface area contributed by atoms with Crippen molar-refractivity contribution >= 4 is 5.97 Å². The van der Waals surface area contributed by atoms with Crippen LogP contribution in [0.15, 0.2) is 0 Å². The summed E-state index contributed by atoms with van der Waals surface area (Å²) in [5.74, 6) is -0.954. The fourth-order valence-corrected chi connectivity index (χ4v) is 1.46. The molecule has 0 radical (unpaired) electrons. The van der Waals surface area contributed by atoms with Crippen LogP contribution in [0.25, 0.3) is 0 Å². The van der Waals surface area contributed by atoms with Crippen LogP contribution >= 0.6 is 0 Å². The highest BCUT2D eigenvalue weighted by Crippen LogP contribution is 1.96. The van der Waals surface area contributed by atoms with Crippen LogP contribution in [0.4, 0.5) is 0 Å². The van der Waals surface area contributed by atoms with Crippen molar-refractivity contribution in [2.24, 2.45) is 5.73 Å². The molecule has 3 N–H and O–H groups in total. The highest BCUT2D eigenvalue weighted by molar-refractivity contribution is 5.72. The number of ether oxygens (including phenoxy) is 2. The van der Waals surface area contributed by atoms with E-state index in [1.54, 1.807) is 0 Å². The molecule has 0 fully saturated rings. The average molecular weight is 262 g/mol. The monoisotopic (exact) mass is 262 g/mol. The molecular weight excluding hydrogens is 236 g/mol. The molecule has 0 heterocycles. The van der Waals surface area contributed by atoms with Crippen molar-refractivity contribution in [2.75, 3.05) is 46.1 Å². The lowest BCUT2D eigenvalue weighted by molar-refractivity contribution is -0.138. The number of hydrogen-bond acceptors (Lipinski definition) is 5. The summed E-state index contributed by atoms with van der Waals surface area (Å²) in [6.07, 6.45) is 0.438. The Morgan fingerprint density at radius 3 is 2.06 bits per heavy atom. The van der Waals surface area contributed by atoms with Crippen molar-refractivity contribution in [1.29, 1.82) is 0 Å². The maximum atomic E-state index is 10.6. The summed E-state index contributed by atoms with van der Waals surface area (Å²) in [7, 11) is 0. The van der Waals surface area contributed by atoms with Crippen LogP contribution in [0.2, 0.25) is 0 Å². The van der Waals surface area contributed by atoms with Crippen molar-refractivity contribution in [3.63, 3.8) is 0 Å². The Hall–Kier alpha value is -0.690. The van der Waals surface area contributed by atoms with E-state index in [-0.39, 0.29) is 0 Å². The Morgan fingerprint density at radius 1 is 1.17 bits per heavy atom. The molecule has 1 atom stereocenters. The third-order valence-corrected chi connectivity index (χ3v) is 2.59. The van der Waals surface area contributed by atoms with Crippen molar-refractivity contribution in [1.82, 2.24) is 4.90 Å². The largest absolute Gasteiger partial charge is 0.480 e. The number of carboxylic acid groups (broad SMARTS) is 1. The molecule has 0 bridgehead atoms. The highest BCUT2D eigenvalue weighted by Gasteiger charge is 2.13. The number of hydrogen-bond donors (Lipinski definition) is 2. The first-order valence-electron chi connectivity index (χ1n) is 6.48. The van der Waals surface area contributed by atoms with Gasteiger partial charge < -0.3 is 20.3 Å². The van der Waals surface area contributed by atoms with E-state index in [1.165, 1.54) is 0 Å². The van der Waals surface area contributed by atoms with Gasteiger partial charge in [0.25, 0.3) is 0 Å². The van der Waals surface area contributed by atoms with E-state index in [1.807, 2.05) is 13.8 Å². The molecule has 0 rings (SSSR count). The number of carboxylic acids is 1. The molecule has 0 aliphatic rings. The zero-order valence-electron chi connectivity index (χ0n) is 11.4. The van der Waals surface area contributed by atoms with Crippen LogP contribution in [-0.2, 0) is 14.3 Å². The molecule has 0 aromatic rings. The number of rotatable bonds is 12. The van der Waals surface area contributed by atoms with Gasteiger partial charge in [-0.1, -0.05) is 0 Å². The number of aliphatic carboxylic acids is 1. The average Bonchev–Trinajstić information content (AvgIpc) is 2.35. The van der Waals surface area contributed by atoms with Crippen LogP contribution in [0.3, 0.4) is 0 Å². The Kier molecular flexibility index (Phi) is 11.0. The summed E-state index contributed by atoms with van der Waals surface area (Å²) in [5.41, 5.74) is 5.49. The summed E-state index contributed by atoms with van der Waals surface area (Å²) >= 11 is 0. The molecular formula is C12H26N2O4. The van der Waals surface area contributed by atoms with E-state index in [4.69, 9.17) is 20.3 Å². The normalized spacial score (nSPS) is 12.9. The lowest BCUT2D eigenvalue weighted by Gasteiger charge is -2.22. The van der Waals surface area contributed by atoms with Gasteiger partial charge in [0, 0.05) is 32.8 Å². The quantitative estimate of drug-likeness (QED) is 0.487. The SMILES string of the molecule is CCOCCN(CCOCC)CCC(N)C(=O)O. The summed E-state index contributed by atoms with van der Waals surface area (Å²) in [6, 6.07) is -0.799. The minimum absolute atomic E-state index is 0.438. The topological polar surface area (TPSA) is 85.0 Å². The van der Waals surface area contributed by atoms with Crippen LogP contribution < -0.4 is 5.73 Å². The fourth-order valence-electron chi connectivity index (χ4n) is 1.46. The Morgan fingerprint density at radius 2 is 1.67 bits per heavy atom. The van der Waals surface area contributed by atoms with Crippen LogP contribution in [0.1, 0.15) is 20.3 Å². The van der Waals surface area contributed by atoms with Crippen LogP contribution in [0.5, 0.6) is 0 Å². The van der Waals surface area contributed by atoms with Gasteiger partial charge in [-0.15, -0.1) is 0 Å². The molecule has 6 heteroatoms. The Balaban J connectivity index is 3.90. The molecule has 0 aromatic carbocycles. The van der Waals surface area contributed by atoms with Gasteiger partial charge in [0.2, 0.25) is 0 Å². The maximum absolute atomic E-state index is 10.6. The lowest BCUT2D eigenvalue weighted by atomic mass is 10.2. The second-order valence-electron chi connectivity index (χ2n) is 3.97. The van der Waals surface area contributed by atoms with Crippen LogP contribution in [0, 0.1) is 0 Å². The molecule has 6 nitrogen and oxygen atoms in total. The molecule has 0 saturated heterocycles. The molecule has 0 aliphatic heterocycles. The molecule has 0 aliphatic carbocycles. The third kappa shape index (κ3) is 9.35. The van der Waals surface area contributed by atoms with Gasteiger partial charge in [-0.25, -0.2) is 0 Å². The fraction of sp³-hybridized carbons (Fsp3) is 0.917. The molecule has 0 saturated carbocycles. The zero-order valence-corrected chi connectivity index (χ0v) is 11.4. The maximum Gasteiger partial charge on any atom is 0.320 e. The van der Waals surface area contributed by atoms with E-state index >= 15 is 0 Å². The van der Waals surface area contributed by atoms with Crippen LogP contribution in [-0.4, -0.2) is 68.1 Å². The van der Waals surface area contributed by atoms with Gasteiger partial charge in [-0.05, 0) is 20.3 Å². The summed E-state index contributed by atoms with van der Waals surface area (Å²) in [5, 5.41) is 8.73. The summed E-state index contributed by atoms with van der Waals surface area (Å²) in [6.45, 7) is 8.75. The number of nitrogens with two attached hydrogens (primary N) is 1. The van der Waals surface area contributed by atoms with Gasteiger partial charge >= 0.3 is 5.97 Å². The first-order chi connectivity index (χ1) is 8.61. The predicted octanol–water partition coefficient (Wildman–Crippen LogP) is 0.163. The summed E-state index contributed by atoms with van der Waals surface area (Å²) in [4.78, 5) is 12.8. The van der Waals surface area contributed by atoms with E-state index < -0.39 is 12.0 Å². The molecule has 0 amide bonds. The minimum Gasteiger partial charge on any atom is -0.480 e. The molecule has 0 spiro atoms. The number of carbonyl (C=O) groups is 1. The third-order valence-electron chi connectivity index (χ3n) is 2.59. The van der Waals surface area contributed by atoms with Gasteiger partial charge in [0.1, 0.15) is 6.04 Å². The zero-order chi connectivity index (χ0) is 13.8.